The van der Waals surface area contributed by atoms with Crippen LogP contribution in [0.15, 0.2) is 54.6 Å². The summed E-state index contributed by atoms with van der Waals surface area (Å²) in [5.74, 6) is 0.904. The lowest BCUT2D eigenvalue weighted by Crippen LogP contribution is -2.11. The third-order valence-corrected chi connectivity index (χ3v) is 5.08. The van der Waals surface area contributed by atoms with Crippen LogP contribution in [0.25, 0.3) is 0 Å². The molecule has 3 rings (SSSR count). The van der Waals surface area contributed by atoms with Crippen molar-refractivity contribution in [2.45, 2.75) is 13.3 Å². The predicted molar refractivity (Wildman–Crippen MR) is 124 cm³/mol. The number of benzene rings is 3. The molecule has 0 spiro atoms. The second kappa shape index (κ2) is 11.1. The standard InChI is InChI=1S/C24H22Cl2FNO4/c1-15(29)31-10-9-28-19-13-21(25)24(22(26)14-19)32-20-7-8-23(30-2)17(12-20)11-16-3-5-18(27)6-4-16/h3-8,12-14,28H,9-11H2,1-2H3. The van der Waals surface area contributed by atoms with E-state index in [2.05, 4.69) is 5.32 Å². The van der Waals surface area contributed by atoms with Crippen molar-refractivity contribution in [3.8, 4) is 17.2 Å². The summed E-state index contributed by atoms with van der Waals surface area (Å²) in [4.78, 5) is 10.8. The molecule has 168 valence electrons. The smallest absolute Gasteiger partial charge is 0.302 e. The van der Waals surface area contributed by atoms with Crippen molar-refractivity contribution in [2.24, 2.45) is 0 Å². The van der Waals surface area contributed by atoms with Crippen LogP contribution in [0.5, 0.6) is 17.2 Å². The zero-order chi connectivity index (χ0) is 23.1. The van der Waals surface area contributed by atoms with Gasteiger partial charge in [-0.15, -0.1) is 0 Å². The van der Waals surface area contributed by atoms with Crippen LogP contribution in [0.1, 0.15) is 18.1 Å². The van der Waals surface area contributed by atoms with Gasteiger partial charge in [0.15, 0.2) is 5.75 Å². The van der Waals surface area contributed by atoms with Gasteiger partial charge in [-0.1, -0.05) is 35.3 Å². The van der Waals surface area contributed by atoms with E-state index in [0.717, 1.165) is 11.1 Å². The van der Waals surface area contributed by atoms with Crippen molar-refractivity contribution < 1.29 is 23.4 Å². The fourth-order valence-corrected chi connectivity index (χ4v) is 3.61. The molecule has 0 amide bonds. The molecule has 0 heterocycles. The van der Waals surface area contributed by atoms with Crippen LogP contribution < -0.4 is 14.8 Å². The van der Waals surface area contributed by atoms with Gasteiger partial charge in [-0.2, -0.15) is 0 Å². The first-order valence-corrected chi connectivity index (χ1v) is 10.6. The van der Waals surface area contributed by atoms with E-state index in [1.807, 2.05) is 6.07 Å². The number of methoxy groups -OCH3 is 1. The molecule has 0 unspecified atom stereocenters. The normalized spacial score (nSPS) is 10.5. The number of hydrogen-bond acceptors (Lipinski definition) is 5. The average Bonchev–Trinajstić information content (AvgIpc) is 2.75. The van der Waals surface area contributed by atoms with Gasteiger partial charge in [-0.25, -0.2) is 4.39 Å². The highest BCUT2D eigenvalue weighted by atomic mass is 35.5. The predicted octanol–water partition coefficient (Wildman–Crippen LogP) is 6.50. The zero-order valence-electron chi connectivity index (χ0n) is 17.6. The molecule has 0 atom stereocenters. The summed E-state index contributed by atoms with van der Waals surface area (Å²) in [6.07, 6.45) is 0.535. The molecule has 0 aliphatic carbocycles. The van der Waals surface area contributed by atoms with Crippen molar-refractivity contribution >= 4 is 34.9 Å². The number of anilines is 1. The van der Waals surface area contributed by atoms with Gasteiger partial charge in [-0.05, 0) is 48.0 Å². The van der Waals surface area contributed by atoms with Gasteiger partial charge >= 0.3 is 5.97 Å². The zero-order valence-corrected chi connectivity index (χ0v) is 19.1. The molecule has 8 heteroatoms. The van der Waals surface area contributed by atoms with Crippen molar-refractivity contribution in [3.05, 3.63) is 81.6 Å². The molecule has 3 aromatic carbocycles. The van der Waals surface area contributed by atoms with Crippen LogP contribution in [0.3, 0.4) is 0 Å². The third-order valence-electron chi connectivity index (χ3n) is 4.51. The molecular formula is C24H22Cl2FNO4. The summed E-state index contributed by atoms with van der Waals surface area (Å²) in [6, 6.07) is 15.0. The third kappa shape index (κ3) is 6.52. The molecule has 32 heavy (non-hydrogen) atoms. The fourth-order valence-electron chi connectivity index (χ4n) is 3.05. The topological polar surface area (TPSA) is 56.8 Å². The first-order valence-electron chi connectivity index (χ1n) is 9.81. The van der Waals surface area contributed by atoms with Crippen LogP contribution >= 0.6 is 23.2 Å². The first kappa shape index (κ1) is 23.7. The summed E-state index contributed by atoms with van der Waals surface area (Å²) in [6.45, 7) is 1.99. The lowest BCUT2D eigenvalue weighted by molar-refractivity contribution is -0.140. The molecule has 0 fully saturated rings. The summed E-state index contributed by atoms with van der Waals surface area (Å²) in [7, 11) is 1.59. The Balaban J connectivity index is 1.76. The van der Waals surface area contributed by atoms with Crippen LogP contribution in [0.2, 0.25) is 10.0 Å². The summed E-state index contributed by atoms with van der Waals surface area (Å²) < 4.78 is 29.5. The highest BCUT2D eigenvalue weighted by molar-refractivity contribution is 6.37. The summed E-state index contributed by atoms with van der Waals surface area (Å²) in [5.41, 5.74) is 2.47. The van der Waals surface area contributed by atoms with Crippen molar-refractivity contribution in [2.75, 3.05) is 25.6 Å². The Morgan fingerprint density at radius 1 is 1.03 bits per heavy atom. The minimum Gasteiger partial charge on any atom is -0.496 e. The number of carbonyl (C=O) groups is 1. The van der Waals surface area contributed by atoms with Gasteiger partial charge in [0, 0.05) is 31.1 Å². The van der Waals surface area contributed by atoms with E-state index in [1.54, 1.807) is 43.5 Å². The largest absolute Gasteiger partial charge is 0.496 e. The van der Waals surface area contributed by atoms with Crippen molar-refractivity contribution in [1.29, 1.82) is 0 Å². The van der Waals surface area contributed by atoms with Crippen molar-refractivity contribution in [3.63, 3.8) is 0 Å². The van der Waals surface area contributed by atoms with Gasteiger partial charge in [0.25, 0.3) is 0 Å². The average molecular weight is 478 g/mol. The Bertz CT molecular complexity index is 1070. The number of nitrogens with one attached hydrogen (secondary N) is 1. The van der Waals surface area contributed by atoms with E-state index in [1.165, 1.54) is 19.1 Å². The molecule has 0 bridgehead atoms. The lowest BCUT2D eigenvalue weighted by Gasteiger charge is -2.15. The number of ether oxygens (including phenoxy) is 3. The lowest BCUT2D eigenvalue weighted by atomic mass is 10.0. The Kier molecular flexibility index (Phi) is 8.20. The van der Waals surface area contributed by atoms with Crippen LogP contribution in [-0.4, -0.2) is 26.2 Å². The molecule has 0 aliphatic rings. The van der Waals surface area contributed by atoms with E-state index >= 15 is 0 Å². The number of carbonyl (C=O) groups excluding carboxylic acids is 1. The Morgan fingerprint density at radius 3 is 2.34 bits per heavy atom. The molecule has 3 aromatic rings. The van der Waals surface area contributed by atoms with Crippen LogP contribution in [0, 0.1) is 5.82 Å². The maximum Gasteiger partial charge on any atom is 0.302 e. The molecule has 0 aliphatic heterocycles. The van der Waals surface area contributed by atoms with E-state index in [9.17, 15) is 9.18 Å². The number of halogens is 3. The SMILES string of the molecule is COc1ccc(Oc2c(Cl)cc(NCCOC(C)=O)cc2Cl)cc1Cc1ccc(F)cc1. The Morgan fingerprint density at radius 2 is 1.72 bits per heavy atom. The van der Waals surface area contributed by atoms with E-state index in [4.69, 9.17) is 37.4 Å². The highest BCUT2D eigenvalue weighted by Gasteiger charge is 2.13. The van der Waals surface area contributed by atoms with Crippen molar-refractivity contribution in [1.82, 2.24) is 0 Å². The van der Waals surface area contributed by atoms with Gasteiger partial charge in [0.1, 0.15) is 23.9 Å². The van der Waals surface area contributed by atoms with Gasteiger partial charge in [0.05, 0.1) is 17.2 Å². The Hall–Kier alpha value is -2.96. The number of hydrogen-bond donors (Lipinski definition) is 1. The van der Waals surface area contributed by atoms with Crippen LogP contribution in [0.4, 0.5) is 10.1 Å². The molecular weight excluding hydrogens is 456 g/mol. The first-order chi connectivity index (χ1) is 15.4. The monoisotopic (exact) mass is 477 g/mol. The number of esters is 1. The Labute approximate surface area is 196 Å². The molecule has 0 saturated carbocycles. The van der Waals surface area contributed by atoms with Gasteiger partial charge in [-0.3, -0.25) is 4.79 Å². The quantitative estimate of drug-likeness (QED) is 0.281. The highest BCUT2D eigenvalue weighted by Crippen LogP contribution is 2.40. The van der Waals surface area contributed by atoms with Gasteiger partial charge in [0.2, 0.25) is 0 Å². The molecule has 5 nitrogen and oxygen atoms in total. The van der Waals surface area contributed by atoms with Gasteiger partial charge < -0.3 is 19.5 Å². The molecule has 0 aromatic heterocycles. The summed E-state index contributed by atoms with van der Waals surface area (Å²) in [5, 5.41) is 3.73. The van der Waals surface area contributed by atoms with E-state index in [0.29, 0.717) is 45.9 Å². The second-order valence-corrected chi connectivity index (χ2v) is 7.73. The van der Waals surface area contributed by atoms with E-state index in [-0.39, 0.29) is 18.4 Å². The van der Waals surface area contributed by atoms with Crippen LogP contribution in [-0.2, 0) is 16.0 Å². The second-order valence-electron chi connectivity index (χ2n) is 6.91. The molecule has 1 N–H and O–H groups in total. The fraction of sp³-hybridized carbons (Fsp3) is 0.208. The minimum absolute atomic E-state index is 0.228. The maximum absolute atomic E-state index is 13.2. The van der Waals surface area contributed by atoms with E-state index < -0.39 is 0 Å². The summed E-state index contributed by atoms with van der Waals surface area (Å²) >= 11 is 12.8. The number of rotatable bonds is 9. The maximum atomic E-state index is 13.2. The molecule has 0 saturated heterocycles. The minimum atomic E-state index is -0.343. The molecule has 0 radical (unpaired) electrons.